The maximum atomic E-state index is 12.6. The van der Waals surface area contributed by atoms with Crippen molar-refractivity contribution in [1.82, 2.24) is 9.88 Å². The third-order valence-electron chi connectivity index (χ3n) is 3.75. The molecule has 7 heteroatoms. The van der Waals surface area contributed by atoms with Gasteiger partial charge in [-0.2, -0.15) is 0 Å². The van der Waals surface area contributed by atoms with Crippen molar-refractivity contribution in [2.24, 2.45) is 0 Å². The minimum Gasteiger partial charge on any atom is -0.359 e. The summed E-state index contributed by atoms with van der Waals surface area (Å²) in [5.41, 5.74) is 0.929. The van der Waals surface area contributed by atoms with E-state index in [0.29, 0.717) is 16.4 Å². The summed E-state index contributed by atoms with van der Waals surface area (Å²) in [5.74, 6) is -0.716. The summed E-state index contributed by atoms with van der Waals surface area (Å²) in [6, 6.07) is 8.74. The highest BCUT2D eigenvalue weighted by atomic mass is 35.5. The van der Waals surface area contributed by atoms with Crippen LogP contribution in [0.5, 0.6) is 0 Å². The van der Waals surface area contributed by atoms with Crippen molar-refractivity contribution in [3.05, 3.63) is 53.3 Å². The average molecular weight is 332 g/mol. The van der Waals surface area contributed by atoms with E-state index in [0.717, 1.165) is 4.90 Å². The quantitative estimate of drug-likeness (QED) is 0.691. The van der Waals surface area contributed by atoms with Crippen molar-refractivity contribution in [3.8, 4) is 0 Å². The molecule has 0 spiro atoms. The molecule has 2 aromatic rings. The number of Topliss-reactive ketones (excluding diaryl/α,β-unsaturated/α-hetero) is 1. The smallest absolute Gasteiger partial charge is 0.332 e. The third-order valence-corrected chi connectivity index (χ3v) is 4.00. The standard InChI is InChI=1S/C16H14ClN3O3/c1-10-15(22)19(9-14(21)13-3-2-8-18-13)16(23)20(10)12-6-4-11(17)5-7-12/h2-8,10,18H,9H2,1H3. The molecule has 1 aliphatic rings. The Balaban J connectivity index is 1.83. The fourth-order valence-electron chi connectivity index (χ4n) is 2.54. The Labute approximate surface area is 137 Å². The van der Waals surface area contributed by atoms with Crippen LogP contribution in [0.1, 0.15) is 17.4 Å². The first-order valence-electron chi connectivity index (χ1n) is 7.06. The molecule has 1 saturated heterocycles. The molecule has 0 bridgehead atoms. The number of hydrogen-bond donors (Lipinski definition) is 1. The van der Waals surface area contributed by atoms with Gasteiger partial charge < -0.3 is 4.98 Å². The number of aromatic amines is 1. The zero-order valence-electron chi connectivity index (χ0n) is 12.3. The summed E-state index contributed by atoms with van der Waals surface area (Å²) >= 11 is 5.85. The number of benzene rings is 1. The second-order valence-corrected chi connectivity index (χ2v) is 5.67. The van der Waals surface area contributed by atoms with Gasteiger partial charge in [0.25, 0.3) is 5.91 Å². The molecule has 3 rings (SSSR count). The minimum absolute atomic E-state index is 0.285. The number of rotatable bonds is 4. The van der Waals surface area contributed by atoms with E-state index >= 15 is 0 Å². The van der Waals surface area contributed by atoms with E-state index in [-0.39, 0.29) is 12.3 Å². The number of aromatic nitrogens is 1. The van der Waals surface area contributed by atoms with Crippen LogP contribution in [0.3, 0.4) is 0 Å². The topological polar surface area (TPSA) is 73.5 Å². The number of carbonyl (C=O) groups is 3. The Morgan fingerprint density at radius 2 is 1.91 bits per heavy atom. The zero-order chi connectivity index (χ0) is 16.6. The van der Waals surface area contributed by atoms with Gasteiger partial charge in [-0.15, -0.1) is 0 Å². The van der Waals surface area contributed by atoms with Crippen LogP contribution in [0.25, 0.3) is 0 Å². The largest absolute Gasteiger partial charge is 0.359 e. The van der Waals surface area contributed by atoms with Gasteiger partial charge in [-0.25, -0.2) is 4.79 Å². The number of anilines is 1. The fourth-order valence-corrected chi connectivity index (χ4v) is 2.67. The van der Waals surface area contributed by atoms with Crippen molar-refractivity contribution in [1.29, 1.82) is 0 Å². The van der Waals surface area contributed by atoms with Gasteiger partial charge in [0.05, 0.1) is 12.2 Å². The molecule has 23 heavy (non-hydrogen) atoms. The van der Waals surface area contributed by atoms with Crippen LogP contribution < -0.4 is 4.90 Å². The number of urea groups is 1. The van der Waals surface area contributed by atoms with Crippen LogP contribution in [0.15, 0.2) is 42.6 Å². The second kappa shape index (κ2) is 5.89. The molecule has 1 fully saturated rings. The molecule has 3 amide bonds. The summed E-state index contributed by atoms with van der Waals surface area (Å²) in [4.78, 5) is 42.1. The first kappa shape index (κ1) is 15.3. The Morgan fingerprint density at radius 1 is 1.22 bits per heavy atom. The van der Waals surface area contributed by atoms with Crippen molar-refractivity contribution in [3.63, 3.8) is 0 Å². The second-order valence-electron chi connectivity index (χ2n) is 5.24. The van der Waals surface area contributed by atoms with Gasteiger partial charge in [0, 0.05) is 16.9 Å². The van der Waals surface area contributed by atoms with E-state index in [2.05, 4.69) is 4.98 Å². The van der Waals surface area contributed by atoms with Crippen LogP contribution in [-0.4, -0.2) is 40.2 Å². The lowest BCUT2D eigenvalue weighted by Gasteiger charge is -2.19. The molecule has 118 valence electrons. The molecule has 1 aromatic heterocycles. The van der Waals surface area contributed by atoms with Crippen molar-refractivity contribution >= 4 is 35.0 Å². The highest BCUT2D eigenvalue weighted by molar-refractivity contribution is 6.30. The van der Waals surface area contributed by atoms with Crippen LogP contribution in [0.2, 0.25) is 5.02 Å². The van der Waals surface area contributed by atoms with Gasteiger partial charge in [0.2, 0.25) is 0 Å². The van der Waals surface area contributed by atoms with Gasteiger partial charge in [-0.05, 0) is 43.3 Å². The zero-order valence-corrected chi connectivity index (χ0v) is 13.1. The Bertz CT molecular complexity index is 755. The maximum absolute atomic E-state index is 12.6. The first-order valence-corrected chi connectivity index (χ1v) is 7.43. The fraction of sp³-hybridized carbons (Fsp3) is 0.188. The van der Waals surface area contributed by atoms with Crippen LogP contribution in [0, 0.1) is 0 Å². The van der Waals surface area contributed by atoms with Gasteiger partial charge in [-0.3, -0.25) is 19.4 Å². The summed E-state index contributed by atoms with van der Waals surface area (Å²) < 4.78 is 0. The van der Waals surface area contributed by atoms with Crippen LogP contribution in [-0.2, 0) is 4.79 Å². The predicted molar refractivity (Wildman–Crippen MR) is 85.6 cm³/mol. The summed E-state index contributed by atoms with van der Waals surface area (Å²) in [6.07, 6.45) is 1.61. The molecule has 0 saturated carbocycles. The normalized spacial score (nSPS) is 17.9. The Kier molecular flexibility index (Phi) is 3.92. The van der Waals surface area contributed by atoms with Gasteiger partial charge in [0.15, 0.2) is 5.78 Å². The van der Waals surface area contributed by atoms with Crippen LogP contribution in [0.4, 0.5) is 10.5 Å². The van der Waals surface area contributed by atoms with Crippen molar-refractivity contribution in [2.45, 2.75) is 13.0 Å². The molecule has 2 heterocycles. The monoisotopic (exact) mass is 331 g/mol. The van der Waals surface area contributed by atoms with Crippen LogP contribution >= 0.6 is 11.6 Å². The molecule has 0 radical (unpaired) electrons. The molecule has 1 aromatic carbocycles. The number of amides is 3. The van der Waals surface area contributed by atoms with Crippen molar-refractivity contribution < 1.29 is 14.4 Å². The molecule has 1 unspecified atom stereocenters. The minimum atomic E-state index is -0.667. The Morgan fingerprint density at radius 3 is 2.52 bits per heavy atom. The first-order chi connectivity index (χ1) is 11.0. The van der Waals surface area contributed by atoms with E-state index in [4.69, 9.17) is 11.6 Å². The lowest BCUT2D eigenvalue weighted by atomic mass is 10.2. The SMILES string of the molecule is CC1C(=O)N(CC(=O)c2ccc[nH]2)C(=O)N1c1ccc(Cl)cc1. The lowest BCUT2D eigenvalue weighted by molar-refractivity contribution is -0.126. The molecule has 1 N–H and O–H groups in total. The molecule has 0 aliphatic carbocycles. The van der Waals surface area contributed by atoms with Crippen molar-refractivity contribution in [2.75, 3.05) is 11.4 Å². The summed E-state index contributed by atoms with van der Waals surface area (Å²) in [6.45, 7) is 1.35. The summed E-state index contributed by atoms with van der Waals surface area (Å²) in [7, 11) is 0. The predicted octanol–water partition coefficient (Wildman–Crippen LogP) is 2.71. The molecular weight excluding hydrogens is 318 g/mol. The number of hydrogen-bond acceptors (Lipinski definition) is 3. The number of H-pyrrole nitrogens is 1. The number of nitrogens with zero attached hydrogens (tertiary/aromatic N) is 2. The molecule has 1 aliphatic heterocycles. The number of halogens is 1. The summed E-state index contributed by atoms with van der Waals surface area (Å²) in [5, 5.41) is 0.540. The molecular formula is C16H14ClN3O3. The number of nitrogens with one attached hydrogen (secondary N) is 1. The van der Waals surface area contributed by atoms with E-state index in [1.54, 1.807) is 49.5 Å². The molecule has 6 nitrogen and oxygen atoms in total. The maximum Gasteiger partial charge on any atom is 0.332 e. The third kappa shape index (κ3) is 2.73. The average Bonchev–Trinajstić information content (AvgIpc) is 3.13. The van der Waals surface area contributed by atoms with E-state index in [1.807, 2.05) is 0 Å². The lowest BCUT2D eigenvalue weighted by Crippen LogP contribution is -2.37. The van der Waals surface area contributed by atoms with E-state index < -0.39 is 18.0 Å². The Hall–Kier alpha value is -2.60. The number of ketones is 1. The van der Waals surface area contributed by atoms with Gasteiger partial charge in [-0.1, -0.05) is 11.6 Å². The van der Waals surface area contributed by atoms with E-state index in [1.165, 1.54) is 4.90 Å². The van der Waals surface area contributed by atoms with Gasteiger partial charge in [0.1, 0.15) is 6.04 Å². The van der Waals surface area contributed by atoms with Gasteiger partial charge >= 0.3 is 6.03 Å². The van der Waals surface area contributed by atoms with E-state index in [9.17, 15) is 14.4 Å². The highest BCUT2D eigenvalue weighted by Gasteiger charge is 2.44. The highest BCUT2D eigenvalue weighted by Crippen LogP contribution is 2.27. The molecule has 1 atom stereocenters. The number of imide groups is 1. The number of carbonyl (C=O) groups excluding carboxylic acids is 3.